The number of hydrogen-bond acceptors (Lipinski definition) is 8. The number of aromatic nitrogens is 3. The molecule has 0 fully saturated rings. The summed E-state index contributed by atoms with van der Waals surface area (Å²) in [5, 5.41) is 9.62. The Hall–Kier alpha value is -3.98. The average molecular weight is 506 g/mol. The number of aliphatic carboxylic acids is 1. The van der Waals surface area contributed by atoms with Crippen LogP contribution in [0.1, 0.15) is 29.5 Å². The van der Waals surface area contributed by atoms with E-state index in [9.17, 15) is 4.79 Å². The van der Waals surface area contributed by atoms with Crippen molar-refractivity contribution in [1.82, 2.24) is 15.0 Å². The third-order valence-corrected chi connectivity index (χ3v) is 6.45. The molecule has 2 aromatic carbocycles. The maximum absolute atomic E-state index is 10.8. The number of nitrogens with zero attached hydrogens (tertiary/aromatic N) is 3. The highest BCUT2D eigenvalue weighted by Gasteiger charge is 2.17. The second-order valence-electron chi connectivity index (χ2n) is 8.09. The number of thiazole rings is 1. The first-order valence-electron chi connectivity index (χ1n) is 11.5. The molecule has 0 saturated carbocycles. The number of ether oxygens (including phenoxy) is 3. The average Bonchev–Trinajstić information content (AvgIpc) is 3.32. The van der Waals surface area contributed by atoms with E-state index in [-0.39, 0.29) is 13.2 Å². The van der Waals surface area contributed by atoms with Crippen molar-refractivity contribution in [3.63, 3.8) is 0 Å². The topological polar surface area (TPSA) is 104 Å². The molecule has 2 aromatic heterocycles. The van der Waals surface area contributed by atoms with Gasteiger partial charge in [-0.2, -0.15) is 0 Å². The minimum absolute atomic E-state index is 0.275. The highest BCUT2D eigenvalue weighted by Crippen LogP contribution is 2.37. The molecular formula is C27H27N3O5S. The van der Waals surface area contributed by atoms with Crippen LogP contribution in [0.4, 0.5) is 0 Å². The molecule has 0 aliphatic heterocycles. The summed E-state index contributed by atoms with van der Waals surface area (Å²) in [6.45, 7) is 3.90. The highest BCUT2D eigenvalue weighted by atomic mass is 32.1. The zero-order valence-electron chi connectivity index (χ0n) is 20.4. The van der Waals surface area contributed by atoms with Crippen LogP contribution in [0, 0.1) is 6.92 Å². The van der Waals surface area contributed by atoms with Gasteiger partial charge in [-0.05, 0) is 48.2 Å². The molecule has 2 heterocycles. The molecule has 0 saturated heterocycles. The molecule has 8 nitrogen and oxygen atoms in total. The maximum Gasteiger partial charge on any atom is 0.341 e. The van der Waals surface area contributed by atoms with Crippen LogP contribution in [0.3, 0.4) is 0 Å². The van der Waals surface area contributed by atoms with Crippen LogP contribution in [-0.4, -0.2) is 39.7 Å². The summed E-state index contributed by atoms with van der Waals surface area (Å²) < 4.78 is 16.4. The Bertz CT molecular complexity index is 1320. The monoisotopic (exact) mass is 505 g/mol. The smallest absolute Gasteiger partial charge is 0.341 e. The van der Waals surface area contributed by atoms with Gasteiger partial charge in [0.05, 0.1) is 17.7 Å². The molecule has 0 aliphatic rings. The maximum atomic E-state index is 10.8. The third-order valence-electron chi connectivity index (χ3n) is 5.37. The lowest BCUT2D eigenvalue weighted by Gasteiger charge is -2.09. The normalized spacial score (nSPS) is 10.8. The number of carbonyl (C=O) groups is 1. The van der Waals surface area contributed by atoms with Gasteiger partial charge in [-0.3, -0.25) is 0 Å². The molecule has 0 radical (unpaired) electrons. The Balaban J connectivity index is 1.58. The van der Waals surface area contributed by atoms with Gasteiger partial charge < -0.3 is 19.3 Å². The lowest BCUT2D eigenvalue weighted by Crippen LogP contribution is -2.10. The fourth-order valence-corrected chi connectivity index (χ4v) is 4.64. The molecule has 186 valence electrons. The van der Waals surface area contributed by atoms with Gasteiger partial charge in [0, 0.05) is 18.0 Å². The Labute approximate surface area is 213 Å². The van der Waals surface area contributed by atoms with Gasteiger partial charge in [-0.1, -0.05) is 37.6 Å². The van der Waals surface area contributed by atoms with Gasteiger partial charge in [-0.25, -0.2) is 19.7 Å². The van der Waals surface area contributed by atoms with Crippen molar-refractivity contribution in [3.05, 3.63) is 71.0 Å². The molecule has 4 rings (SSSR count). The van der Waals surface area contributed by atoms with Gasteiger partial charge in [0.15, 0.2) is 6.61 Å². The molecular weight excluding hydrogens is 478 g/mol. The Morgan fingerprint density at radius 2 is 1.78 bits per heavy atom. The molecule has 1 N–H and O–H groups in total. The molecule has 9 heteroatoms. The zero-order chi connectivity index (χ0) is 25.5. The van der Waals surface area contributed by atoms with Gasteiger partial charge in [0.1, 0.15) is 23.1 Å². The molecule has 0 atom stereocenters. The fourth-order valence-electron chi connectivity index (χ4n) is 3.63. The summed E-state index contributed by atoms with van der Waals surface area (Å²) in [6.07, 6.45) is 5.56. The zero-order valence-corrected chi connectivity index (χ0v) is 21.2. The quantitative estimate of drug-likeness (QED) is 0.282. The predicted molar refractivity (Wildman–Crippen MR) is 138 cm³/mol. The van der Waals surface area contributed by atoms with Crippen molar-refractivity contribution in [2.24, 2.45) is 0 Å². The molecule has 4 aromatic rings. The molecule has 36 heavy (non-hydrogen) atoms. The van der Waals surface area contributed by atoms with Gasteiger partial charge >= 0.3 is 12.0 Å². The van der Waals surface area contributed by atoms with Gasteiger partial charge in [0.25, 0.3) is 0 Å². The van der Waals surface area contributed by atoms with Crippen LogP contribution < -0.4 is 14.2 Å². The molecule has 0 unspecified atom stereocenters. The second-order valence-corrected chi connectivity index (χ2v) is 9.17. The van der Waals surface area contributed by atoms with Crippen LogP contribution in [0.25, 0.3) is 21.7 Å². The second kappa shape index (κ2) is 11.6. The number of aryl methyl sites for hydroxylation is 2. The van der Waals surface area contributed by atoms with Crippen molar-refractivity contribution >= 4 is 17.3 Å². The fraction of sp³-hybridized carbons (Fsp3) is 0.259. The lowest BCUT2D eigenvalue weighted by atomic mass is 10.0. The Morgan fingerprint density at radius 1 is 1.03 bits per heavy atom. The number of rotatable bonds is 11. The molecule has 0 aliphatic carbocycles. The van der Waals surface area contributed by atoms with E-state index in [1.807, 2.05) is 13.0 Å². The Morgan fingerprint density at radius 3 is 2.42 bits per heavy atom. The van der Waals surface area contributed by atoms with Gasteiger partial charge in [0.2, 0.25) is 0 Å². The van der Waals surface area contributed by atoms with Crippen molar-refractivity contribution in [2.75, 3.05) is 13.7 Å². The van der Waals surface area contributed by atoms with Crippen molar-refractivity contribution < 1.29 is 24.1 Å². The molecule has 0 bridgehead atoms. The minimum Gasteiger partial charge on any atom is -0.486 e. The van der Waals surface area contributed by atoms with E-state index >= 15 is 0 Å². The minimum atomic E-state index is -1.02. The predicted octanol–water partition coefficient (Wildman–Crippen LogP) is 5.58. The summed E-state index contributed by atoms with van der Waals surface area (Å²) in [6, 6.07) is 14.1. The lowest BCUT2D eigenvalue weighted by molar-refractivity contribution is -0.139. The largest absolute Gasteiger partial charge is 0.486 e. The van der Waals surface area contributed by atoms with E-state index < -0.39 is 5.97 Å². The summed E-state index contributed by atoms with van der Waals surface area (Å²) >= 11 is 1.56. The Kier molecular flexibility index (Phi) is 8.12. The van der Waals surface area contributed by atoms with Crippen molar-refractivity contribution in [2.45, 2.75) is 33.3 Å². The van der Waals surface area contributed by atoms with Crippen LogP contribution in [-0.2, 0) is 17.8 Å². The number of carboxylic acids is 1. The first kappa shape index (κ1) is 25.1. The van der Waals surface area contributed by atoms with Crippen LogP contribution in [0.5, 0.6) is 17.5 Å². The third kappa shape index (κ3) is 6.17. The van der Waals surface area contributed by atoms with Crippen LogP contribution in [0.15, 0.2) is 54.9 Å². The van der Waals surface area contributed by atoms with Gasteiger partial charge in [-0.15, -0.1) is 11.3 Å². The summed E-state index contributed by atoms with van der Waals surface area (Å²) in [5.74, 6) is 0.132. The first-order valence-corrected chi connectivity index (χ1v) is 12.3. The standard InChI is InChI=1S/C27H27N3O5S/c1-4-5-18-6-8-19(9-7-18)26-25(20-13-28-27(33-3)29-14-20)30-23(36-26)15-34-21-10-11-22(17(2)12-21)35-16-24(31)32/h6-14H,4-5,15-16H2,1-3H3,(H,31,32). The van der Waals surface area contributed by atoms with E-state index in [2.05, 4.69) is 41.2 Å². The summed E-state index contributed by atoms with van der Waals surface area (Å²) in [4.78, 5) is 25.1. The summed E-state index contributed by atoms with van der Waals surface area (Å²) in [7, 11) is 1.53. The van der Waals surface area contributed by atoms with E-state index in [0.29, 0.717) is 17.5 Å². The SMILES string of the molecule is CCCc1ccc(-c2sc(COc3ccc(OCC(=O)O)c(C)c3)nc2-c2cnc(OC)nc2)cc1. The van der Waals surface area contributed by atoms with E-state index in [4.69, 9.17) is 24.3 Å². The summed E-state index contributed by atoms with van der Waals surface area (Å²) in [5.41, 5.74) is 4.74. The van der Waals surface area contributed by atoms with Crippen LogP contribution in [0.2, 0.25) is 0 Å². The number of hydrogen-bond donors (Lipinski definition) is 1. The first-order chi connectivity index (χ1) is 17.5. The van der Waals surface area contributed by atoms with Crippen molar-refractivity contribution in [3.8, 4) is 39.2 Å². The van der Waals surface area contributed by atoms with E-state index in [1.54, 1.807) is 35.9 Å². The van der Waals surface area contributed by atoms with Crippen LogP contribution >= 0.6 is 11.3 Å². The van der Waals surface area contributed by atoms with Crippen molar-refractivity contribution in [1.29, 1.82) is 0 Å². The molecule has 0 amide bonds. The number of benzene rings is 2. The highest BCUT2D eigenvalue weighted by molar-refractivity contribution is 7.15. The number of methoxy groups -OCH3 is 1. The van der Waals surface area contributed by atoms with E-state index in [0.717, 1.165) is 45.1 Å². The van der Waals surface area contributed by atoms with E-state index in [1.165, 1.54) is 12.7 Å². The molecule has 0 spiro atoms. The number of carboxylic acid groups (broad SMARTS) is 1.